The number of anilines is 1. The summed E-state index contributed by atoms with van der Waals surface area (Å²) in [4.78, 5) is 23.2. The number of nitrogens with zero attached hydrogens (tertiary/aromatic N) is 2. The molecule has 2 rings (SSSR count). The molecule has 1 aromatic carbocycles. The molecule has 0 spiro atoms. The molecule has 0 unspecified atom stereocenters. The SMILES string of the molecule is CN(C=O)c1cccc2c1c(C=O)cn2C. The number of aldehydes is 1. The van der Waals surface area contributed by atoms with Crippen molar-refractivity contribution < 1.29 is 9.59 Å². The standard InChI is InChI=1S/C12H12N2O2/c1-13-6-9(7-15)12-10(13)4-3-5-11(12)14(2)8-16/h3-8H,1-2H3. The number of hydrogen-bond donors (Lipinski definition) is 0. The molecule has 0 aliphatic rings. The van der Waals surface area contributed by atoms with Gasteiger partial charge < -0.3 is 9.47 Å². The number of hydrogen-bond acceptors (Lipinski definition) is 2. The number of fused-ring (bicyclic) bond motifs is 1. The Hall–Kier alpha value is -2.10. The fourth-order valence-electron chi connectivity index (χ4n) is 1.90. The van der Waals surface area contributed by atoms with Gasteiger partial charge in [0.2, 0.25) is 6.41 Å². The third-order valence-electron chi connectivity index (χ3n) is 2.69. The van der Waals surface area contributed by atoms with Crippen molar-refractivity contribution >= 4 is 29.3 Å². The summed E-state index contributed by atoms with van der Waals surface area (Å²) in [5.74, 6) is 0. The summed E-state index contributed by atoms with van der Waals surface area (Å²) in [6, 6.07) is 5.61. The number of rotatable bonds is 3. The van der Waals surface area contributed by atoms with E-state index in [0.29, 0.717) is 5.56 Å². The largest absolute Gasteiger partial charge is 0.350 e. The van der Waals surface area contributed by atoms with Gasteiger partial charge in [0.05, 0.1) is 11.2 Å². The topological polar surface area (TPSA) is 42.3 Å². The van der Waals surface area contributed by atoms with Crippen LogP contribution in [0.3, 0.4) is 0 Å². The van der Waals surface area contributed by atoms with Gasteiger partial charge in [0.1, 0.15) is 0 Å². The number of aromatic nitrogens is 1. The van der Waals surface area contributed by atoms with E-state index >= 15 is 0 Å². The Kier molecular flexibility index (Phi) is 2.48. The lowest BCUT2D eigenvalue weighted by Crippen LogP contribution is -2.14. The highest BCUT2D eigenvalue weighted by Crippen LogP contribution is 2.29. The van der Waals surface area contributed by atoms with Crippen LogP contribution in [0.5, 0.6) is 0 Å². The second-order valence-corrected chi connectivity index (χ2v) is 3.70. The van der Waals surface area contributed by atoms with Crippen molar-refractivity contribution in [2.24, 2.45) is 7.05 Å². The summed E-state index contributed by atoms with van der Waals surface area (Å²) >= 11 is 0. The first kappa shape index (κ1) is 10.4. The van der Waals surface area contributed by atoms with Crippen LogP contribution >= 0.6 is 0 Å². The van der Waals surface area contributed by atoms with E-state index in [1.807, 2.05) is 29.8 Å². The number of carbonyl (C=O) groups excluding carboxylic acids is 2. The number of benzene rings is 1. The lowest BCUT2D eigenvalue weighted by Gasteiger charge is -2.12. The van der Waals surface area contributed by atoms with E-state index in [4.69, 9.17) is 0 Å². The first-order chi connectivity index (χ1) is 7.69. The summed E-state index contributed by atoms with van der Waals surface area (Å²) in [6.45, 7) is 0. The van der Waals surface area contributed by atoms with E-state index in [1.165, 1.54) is 4.90 Å². The Bertz CT molecular complexity index is 557. The second kappa shape index (κ2) is 3.81. The molecule has 0 radical (unpaired) electrons. The van der Waals surface area contributed by atoms with Gasteiger partial charge >= 0.3 is 0 Å². The molecule has 0 atom stereocenters. The first-order valence-electron chi connectivity index (χ1n) is 4.90. The highest BCUT2D eigenvalue weighted by Gasteiger charge is 2.12. The van der Waals surface area contributed by atoms with E-state index in [-0.39, 0.29) is 0 Å². The maximum absolute atomic E-state index is 11.0. The number of aryl methyl sites for hydroxylation is 1. The van der Waals surface area contributed by atoms with Gasteiger partial charge in [0, 0.05) is 31.2 Å². The summed E-state index contributed by atoms with van der Waals surface area (Å²) in [6.07, 6.45) is 3.31. The lowest BCUT2D eigenvalue weighted by atomic mass is 10.1. The molecule has 4 heteroatoms. The van der Waals surface area contributed by atoms with Crippen LogP contribution in [0, 0.1) is 0 Å². The zero-order valence-corrected chi connectivity index (χ0v) is 9.18. The molecule has 1 amide bonds. The number of amides is 1. The average molecular weight is 216 g/mol. The Balaban J connectivity index is 2.84. The van der Waals surface area contributed by atoms with Crippen molar-refractivity contribution in [2.45, 2.75) is 0 Å². The maximum atomic E-state index is 11.0. The second-order valence-electron chi connectivity index (χ2n) is 3.70. The normalized spacial score (nSPS) is 10.4. The summed E-state index contributed by atoms with van der Waals surface area (Å²) < 4.78 is 1.88. The molecule has 2 aromatic rings. The molecular formula is C12H12N2O2. The highest BCUT2D eigenvalue weighted by atomic mass is 16.1. The molecule has 1 heterocycles. The van der Waals surface area contributed by atoms with E-state index in [2.05, 4.69) is 0 Å². The van der Waals surface area contributed by atoms with Gasteiger partial charge in [-0.3, -0.25) is 9.59 Å². The minimum Gasteiger partial charge on any atom is -0.350 e. The highest BCUT2D eigenvalue weighted by molar-refractivity contribution is 6.07. The minimum atomic E-state index is 0.599. The Morgan fingerprint density at radius 2 is 2.06 bits per heavy atom. The first-order valence-corrected chi connectivity index (χ1v) is 4.90. The molecule has 0 aliphatic carbocycles. The smallest absolute Gasteiger partial charge is 0.213 e. The van der Waals surface area contributed by atoms with E-state index in [9.17, 15) is 9.59 Å². The Labute approximate surface area is 93.1 Å². The molecular weight excluding hydrogens is 204 g/mol. The van der Waals surface area contributed by atoms with Crippen LogP contribution in [0.25, 0.3) is 10.9 Å². The predicted octanol–water partition coefficient (Wildman–Crippen LogP) is 1.58. The van der Waals surface area contributed by atoms with Crippen LogP contribution in [-0.2, 0) is 11.8 Å². The third kappa shape index (κ3) is 1.39. The molecule has 0 bridgehead atoms. The van der Waals surface area contributed by atoms with Gasteiger partial charge in [-0.25, -0.2) is 0 Å². The van der Waals surface area contributed by atoms with E-state index < -0.39 is 0 Å². The molecule has 0 N–H and O–H groups in total. The van der Waals surface area contributed by atoms with Crippen molar-refractivity contribution in [2.75, 3.05) is 11.9 Å². The van der Waals surface area contributed by atoms with Gasteiger partial charge in [0.15, 0.2) is 6.29 Å². The average Bonchev–Trinajstić information content (AvgIpc) is 2.65. The Morgan fingerprint density at radius 3 is 2.69 bits per heavy atom. The minimum absolute atomic E-state index is 0.599. The van der Waals surface area contributed by atoms with Crippen LogP contribution in [-0.4, -0.2) is 24.3 Å². The summed E-state index contributed by atoms with van der Waals surface area (Å²) in [5.41, 5.74) is 2.28. The van der Waals surface area contributed by atoms with Crippen LogP contribution in [0.2, 0.25) is 0 Å². The molecule has 4 nitrogen and oxygen atoms in total. The van der Waals surface area contributed by atoms with E-state index in [1.54, 1.807) is 13.2 Å². The van der Waals surface area contributed by atoms with Crippen molar-refractivity contribution in [1.29, 1.82) is 0 Å². The molecule has 0 saturated heterocycles. The summed E-state index contributed by atoms with van der Waals surface area (Å²) in [7, 11) is 3.55. The van der Waals surface area contributed by atoms with Crippen LogP contribution in [0.4, 0.5) is 5.69 Å². The van der Waals surface area contributed by atoms with Crippen molar-refractivity contribution in [3.8, 4) is 0 Å². The molecule has 82 valence electrons. The maximum Gasteiger partial charge on any atom is 0.213 e. The lowest BCUT2D eigenvalue weighted by molar-refractivity contribution is -0.107. The van der Waals surface area contributed by atoms with Crippen molar-refractivity contribution in [1.82, 2.24) is 4.57 Å². The monoisotopic (exact) mass is 216 g/mol. The van der Waals surface area contributed by atoms with Crippen LogP contribution in [0.1, 0.15) is 10.4 Å². The van der Waals surface area contributed by atoms with Gasteiger partial charge in [-0.15, -0.1) is 0 Å². The molecule has 0 saturated carbocycles. The predicted molar refractivity (Wildman–Crippen MR) is 62.8 cm³/mol. The molecule has 16 heavy (non-hydrogen) atoms. The quantitative estimate of drug-likeness (QED) is 0.731. The summed E-state index contributed by atoms with van der Waals surface area (Å²) in [5, 5.41) is 0.814. The fraction of sp³-hybridized carbons (Fsp3) is 0.167. The van der Waals surface area contributed by atoms with Crippen LogP contribution < -0.4 is 4.90 Å². The van der Waals surface area contributed by atoms with Crippen molar-refractivity contribution in [3.63, 3.8) is 0 Å². The van der Waals surface area contributed by atoms with E-state index in [0.717, 1.165) is 29.3 Å². The van der Waals surface area contributed by atoms with Crippen LogP contribution in [0.15, 0.2) is 24.4 Å². The Morgan fingerprint density at radius 1 is 1.31 bits per heavy atom. The van der Waals surface area contributed by atoms with Gasteiger partial charge in [0.25, 0.3) is 0 Å². The molecule has 0 aliphatic heterocycles. The van der Waals surface area contributed by atoms with Crippen molar-refractivity contribution in [3.05, 3.63) is 30.0 Å². The van der Waals surface area contributed by atoms with Gasteiger partial charge in [-0.1, -0.05) is 6.07 Å². The molecule has 0 fully saturated rings. The zero-order valence-electron chi connectivity index (χ0n) is 9.18. The van der Waals surface area contributed by atoms with Gasteiger partial charge in [-0.2, -0.15) is 0 Å². The zero-order chi connectivity index (χ0) is 11.7. The number of carbonyl (C=O) groups is 2. The fourth-order valence-corrected chi connectivity index (χ4v) is 1.90. The van der Waals surface area contributed by atoms with Gasteiger partial charge in [-0.05, 0) is 12.1 Å². The molecule has 1 aromatic heterocycles. The third-order valence-corrected chi connectivity index (χ3v) is 2.69.